The molecule has 2 aromatic carbocycles. The van der Waals surface area contributed by atoms with Gasteiger partial charge in [-0.15, -0.1) is 0 Å². The number of hydrogen-bond donors (Lipinski definition) is 2. The Kier molecular flexibility index (Phi) is 5.59. The molecule has 1 aliphatic heterocycles. The molecule has 0 radical (unpaired) electrons. The number of halogens is 1. The average molecular weight is 370 g/mol. The zero-order chi connectivity index (χ0) is 19.4. The van der Waals surface area contributed by atoms with Crippen LogP contribution in [0.4, 0.5) is 21.5 Å². The summed E-state index contributed by atoms with van der Waals surface area (Å²) in [7, 11) is 0. The third-order valence-corrected chi connectivity index (χ3v) is 4.73. The molecule has 0 atom stereocenters. The zero-order valence-electron chi connectivity index (χ0n) is 15.0. The molecule has 0 aliphatic carbocycles. The zero-order valence-corrected chi connectivity index (χ0v) is 15.0. The van der Waals surface area contributed by atoms with Gasteiger partial charge in [-0.2, -0.15) is 0 Å². The summed E-state index contributed by atoms with van der Waals surface area (Å²) in [6.07, 6.45) is 1.83. The molecule has 142 valence electrons. The van der Waals surface area contributed by atoms with Crippen LogP contribution in [0, 0.1) is 5.82 Å². The fourth-order valence-electron chi connectivity index (χ4n) is 3.38. The molecular formula is C20H23FN4O2. The molecule has 0 fully saturated rings. The number of nitrogen functional groups attached to an aromatic ring is 1. The maximum Gasteiger partial charge on any atom is 0.246 e. The van der Waals surface area contributed by atoms with Crippen molar-refractivity contribution in [2.24, 2.45) is 5.73 Å². The van der Waals surface area contributed by atoms with Gasteiger partial charge in [-0.05, 0) is 54.8 Å². The van der Waals surface area contributed by atoms with Gasteiger partial charge in [0.25, 0.3) is 0 Å². The van der Waals surface area contributed by atoms with E-state index < -0.39 is 5.91 Å². The molecule has 0 unspecified atom stereocenters. The number of fused-ring (bicyclic) bond motifs is 1. The Balaban J connectivity index is 1.82. The van der Waals surface area contributed by atoms with E-state index in [-0.39, 0.29) is 31.2 Å². The van der Waals surface area contributed by atoms with E-state index in [9.17, 15) is 14.0 Å². The third kappa shape index (κ3) is 4.36. The molecule has 27 heavy (non-hydrogen) atoms. The summed E-state index contributed by atoms with van der Waals surface area (Å²) in [6.45, 7) is 1.04. The van der Waals surface area contributed by atoms with E-state index in [0.717, 1.165) is 36.3 Å². The molecule has 0 spiro atoms. The van der Waals surface area contributed by atoms with E-state index in [1.165, 1.54) is 29.2 Å². The number of anilines is 3. The highest BCUT2D eigenvalue weighted by atomic mass is 19.1. The van der Waals surface area contributed by atoms with Crippen LogP contribution in [0.25, 0.3) is 0 Å². The van der Waals surface area contributed by atoms with E-state index >= 15 is 0 Å². The Labute approximate surface area is 157 Å². The highest BCUT2D eigenvalue weighted by Gasteiger charge is 2.24. The predicted molar refractivity (Wildman–Crippen MR) is 104 cm³/mol. The summed E-state index contributed by atoms with van der Waals surface area (Å²) in [5.74, 6) is -1.06. The smallest absolute Gasteiger partial charge is 0.246 e. The monoisotopic (exact) mass is 370 g/mol. The van der Waals surface area contributed by atoms with Crippen molar-refractivity contribution in [1.29, 1.82) is 0 Å². The van der Waals surface area contributed by atoms with Crippen molar-refractivity contribution in [3.63, 3.8) is 0 Å². The van der Waals surface area contributed by atoms with E-state index in [4.69, 9.17) is 11.5 Å². The molecule has 0 aromatic heterocycles. The molecular weight excluding hydrogens is 347 g/mol. The first kappa shape index (κ1) is 18.7. The minimum atomic E-state index is -0.494. The summed E-state index contributed by atoms with van der Waals surface area (Å²) in [6, 6.07) is 11.3. The Bertz CT molecular complexity index is 838. The van der Waals surface area contributed by atoms with Crippen molar-refractivity contribution >= 4 is 28.9 Å². The van der Waals surface area contributed by atoms with Gasteiger partial charge in [-0.1, -0.05) is 6.07 Å². The minimum absolute atomic E-state index is 0.0344. The lowest BCUT2D eigenvalue weighted by Gasteiger charge is -2.33. The van der Waals surface area contributed by atoms with Crippen LogP contribution >= 0.6 is 0 Å². The van der Waals surface area contributed by atoms with Crippen molar-refractivity contribution in [3.05, 3.63) is 53.8 Å². The normalized spacial score (nSPS) is 13.1. The molecule has 0 saturated heterocycles. The standard InChI is InChI=1S/C20H23FN4O2/c21-14-6-8-15(9-7-14)25(12-10-19(23)26)20(27)13-24-11-2-3-16-17(22)4-1-5-18(16)24/h1,4-9H,2-3,10-13,22H2,(H2,23,26). The summed E-state index contributed by atoms with van der Waals surface area (Å²) < 4.78 is 13.2. The number of primary amides is 1. The van der Waals surface area contributed by atoms with Crippen molar-refractivity contribution < 1.29 is 14.0 Å². The van der Waals surface area contributed by atoms with Gasteiger partial charge in [0.1, 0.15) is 5.82 Å². The molecule has 6 nitrogen and oxygen atoms in total. The number of nitrogens with two attached hydrogens (primary N) is 2. The second-order valence-corrected chi connectivity index (χ2v) is 6.61. The first-order chi connectivity index (χ1) is 13.0. The van der Waals surface area contributed by atoms with Gasteiger partial charge in [-0.25, -0.2) is 4.39 Å². The van der Waals surface area contributed by atoms with Gasteiger partial charge in [0.05, 0.1) is 6.54 Å². The lowest BCUT2D eigenvalue weighted by atomic mass is 10.00. The molecule has 2 amide bonds. The Hall–Kier alpha value is -3.09. The van der Waals surface area contributed by atoms with Gasteiger partial charge < -0.3 is 21.3 Å². The largest absolute Gasteiger partial charge is 0.398 e. The van der Waals surface area contributed by atoms with Crippen LogP contribution in [0.1, 0.15) is 18.4 Å². The SMILES string of the molecule is NC(=O)CCN(C(=O)CN1CCCc2c(N)cccc21)c1ccc(F)cc1. The number of amides is 2. The van der Waals surface area contributed by atoms with E-state index in [2.05, 4.69) is 0 Å². The van der Waals surface area contributed by atoms with Crippen LogP contribution in [0.15, 0.2) is 42.5 Å². The predicted octanol–water partition coefficient (Wildman–Crippen LogP) is 2.07. The molecule has 1 aliphatic rings. The second kappa shape index (κ2) is 8.07. The second-order valence-electron chi connectivity index (χ2n) is 6.61. The quantitative estimate of drug-likeness (QED) is 0.762. The van der Waals surface area contributed by atoms with Gasteiger partial charge in [0.2, 0.25) is 11.8 Å². The number of carbonyl (C=O) groups excluding carboxylic acids is 2. The van der Waals surface area contributed by atoms with Gasteiger partial charge in [-0.3, -0.25) is 9.59 Å². The lowest BCUT2D eigenvalue weighted by molar-refractivity contribution is -0.118. The topological polar surface area (TPSA) is 92.7 Å². The molecule has 0 saturated carbocycles. The van der Waals surface area contributed by atoms with E-state index in [0.29, 0.717) is 5.69 Å². The maximum atomic E-state index is 13.2. The number of nitrogens with zero attached hydrogens (tertiary/aromatic N) is 2. The summed E-state index contributed by atoms with van der Waals surface area (Å²) in [4.78, 5) is 27.7. The third-order valence-electron chi connectivity index (χ3n) is 4.73. The number of hydrogen-bond acceptors (Lipinski definition) is 4. The summed E-state index contributed by atoms with van der Waals surface area (Å²) in [5.41, 5.74) is 14.6. The molecule has 1 heterocycles. The summed E-state index contributed by atoms with van der Waals surface area (Å²) >= 11 is 0. The van der Waals surface area contributed by atoms with Crippen molar-refractivity contribution in [2.75, 3.05) is 35.2 Å². The van der Waals surface area contributed by atoms with Gasteiger partial charge >= 0.3 is 0 Å². The van der Waals surface area contributed by atoms with Crippen LogP contribution in [-0.2, 0) is 16.0 Å². The van der Waals surface area contributed by atoms with Crippen LogP contribution < -0.4 is 21.3 Å². The highest BCUT2D eigenvalue weighted by molar-refractivity contribution is 5.97. The van der Waals surface area contributed by atoms with E-state index in [1.54, 1.807) is 0 Å². The Morgan fingerprint density at radius 1 is 1.15 bits per heavy atom. The fraction of sp³-hybridized carbons (Fsp3) is 0.300. The molecule has 3 rings (SSSR count). The van der Waals surface area contributed by atoms with Gasteiger partial charge in [0, 0.05) is 36.6 Å². The van der Waals surface area contributed by atoms with Crippen LogP contribution in [-0.4, -0.2) is 31.4 Å². The van der Waals surface area contributed by atoms with Crippen LogP contribution in [0.5, 0.6) is 0 Å². The molecule has 7 heteroatoms. The van der Waals surface area contributed by atoms with Gasteiger partial charge in [0.15, 0.2) is 0 Å². The van der Waals surface area contributed by atoms with Crippen LogP contribution in [0.3, 0.4) is 0 Å². The molecule has 4 N–H and O–H groups in total. The Morgan fingerprint density at radius 2 is 1.89 bits per heavy atom. The maximum absolute atomic E-state index is 13.2. The molecule has 0 bridgehead atoms. The highest BCUT2D eigenvalue weighted by Crippen LogP contribution is 2.31. The van der Waals surface area contributed by atoms with E-state index in [1.807, 2.05) is 23.1 Å². The van der Waals surface area contributed by atoms with Crippen molar-refractivity contribution in [3.8, 4) is 0 Å². The average Bonchev–Trinajstić information content (AvgIpc) is 2.64. The van der Waals surface area contributed by atoms with Crippen molar-refractivity contribution in [2.45, 2.75) is 19.3 Å². The minimum Gasteiger partial charge on any atom is -0.398 e. The van der Waals surface area contributed by atoms with Crippen molar-refractivity contribution in [1.82, 2.24) is 0 Å². The number of benzene rings is 2. The first-order valence-electron chi connectivity index (χ1n) is 8.92. The first-order valence-corrected chi connectivity index (χ1v) is 8.92. The number of carbonyl (C=O) groups is 2. The Morgan fingerprint density at radius 3 is 2.59 bits per heavy atom. The van der Waals surface area contributed by atoms with Crippen LogP contribution in [0.2, 0.25) is 0 Å². The number of rotatable bonds is 6. The summed E-state index contributed by atoms with van der Waals surface area (Å²) in [5, 5.41) is 0. The molecule has 2 aromatic rings. The fourth-order valence-corrected chi connectivity index (χ4v) is 3.38. The lowest BCUT2D eigenvalue weighted by Crippen LogP contribution is -2.43.